The van der Waals surface area contributed by atoms with E-state index in [-0.39, 0.29) is 29.2 Å². The largest absolute Gasteiger partial charge is 0.392 e. The Labute approximate surface area is 82.1 Å². The number of carbonyl (C=O) groups is 2. The van der Waals surface area contributed by atoms with Gasteiger partial charge in [0, 0.05) is 5.41 Å². The fraction of sp³-hybridized carbons (Fsp3) is 0.636. The maximum Gasteiger partial charge on any atom is 0.321 e. The summed E-state index contributed by atoms with van der Waals surface area (Å²) in [6.07, 6.45) is 5.05. The molecule has 0 N–H and O–H groups in total. The second kappa shape index (κ2) is 1.95. The first kappa shape index (κ1) is 8.21. The average Bonchev–Trinajstić information content (AvgIpc) is 2.63. The van der Waals surface area contributed by atoms with Crippen molar-refractivity contribution in [3.8, 4) is 0 Å². The Kier molecular flexibility index (Phi) is 1.14. The summed E-state index contributed by atoms with van der Waals surface area (Å²) in [5.74, 6) is -0.675. The first-order chi connectivity index (χ1) is 6.49. The average molecular weight is 192 g/mol. The van der Waals surface area contributed by atoms with Crippen LogP contribution in [-0.4, -0.2) is 11.9 Å². The van der Waals surface area contributed by atoms with Gasteiger partial charge >= 0.3 is 11.9 Å². The molecule has 4 unspecified atom stereocenters. The monoisotopic (exact) mass is 192 g/mol. The van der Waals surface area contributed by atoms with Crippen LogP contribution in [0, 0.1) is 22.7 Å². The smallest absolute Gasteiger partial charge is 0.321 e. The minimum absolute atomic E-state index is 0.175. The normalized spacial score (nSPS) is 53.9. The molecule has 0 aromatic rings. The highest BCUT2D eigenvalue weighted by molar-refractivity contribution is 6.01. The zero-order chi connectivity index (χ0) is 10.1. The molecule has 0 aromatic heterocycles. The molecule has 3 nitrogen and oxygen atoms in total. The Balaban J connectivity index is 2.23. The first-order valence-corrected chi connectivity index (χ1v) is 4.94. The van der Waals surface area contributed by atoms with Crippen molar-refractivity contribution < 1.29 is 14.3 Å². The summed E-state index contributed by atoms with van der Waals surface area (Å²) in [6, 6.07) is 0. The predicted octanol–water partition coefficient (Wildman–Crippen LogP) is 1.29. The van der Waals surface area contributed by atoms with Crippen molar-refractivity contribution >= 4 is 11.9 Å². The highest BCUT2D eigenvalue weighted by Gasteiger charge is 2.71. The predicted molar refractivity (Wildman–Crippen MR) is 48.1 cm³/mol. The molecule has 1 saturated heterocycles. The molecule has 3 aliphatic rings. The molecule has 2 aliphatic carbocycles. The van der Waals surface area contributed by atoms with Gasteiger partial charge in [-0.3, -0.25) is 9.59 Å². The fourth-order valence-electron chi connectivity index (χ4n) is 3.39. The number of esters is 2. The van der Waals surface area contributed by atoms with Crippen LogP contribution in [-0.2, 0) is 14.3 Å². The number of rotatable bonds is 0. The summed E-state index contributed by atoms with van der Waals surface area (Å²) < 4.78 is 4.76. The van der Waals surface area contributed by atoms with Crippen LogP contribution in [0.2, 0.25) is 0 Å². The van der Waals surface area contributed by atoms with E-state index in [0.29, 0.717) is 0 Å². The van der Waals surface area contributed by atoms with E-state index in [0.717, 1.165) is 6.42 Å². The molecule has 0 radical (unpaired) electrons. The lowest BCUT2D eigenvalue weighted by molar-refractivity contribution is -0.157. The van der Waals surface area contributed by atoms with E-state index in [4.69, 9.17) is 4.74 Å². The number of ether oxygens (including phenoxy) is 1. The molecule has 0 aromatic carbocycles. The van der Waals surface area contributed by atoms with Gasteiger partial charge in [0.05, 0.1) is 11.3 Å². The van der Waals surface area contributed by atoms with Crippen LogP contribution < -0.4 is 0 Å². The van der Waals surface area contributed by atoms with Gasteiger partial charge in [0.2, 0.25) is 0 Å². The van der Waals surface area contributed by atoms with Crippen molar-refractivity contribution in [2.24, 2.45) is 22.7 Å². The molecule has 2 bridgehead atoms. The van der Waals surface area contributed by atoms with Crippen molar-refractivity contribution in [2.75, 3.05) is 0 Å². The standard InChI is InChI=1S/C11H12O3/c1-10-4-3-6(5-10)7-8(12)14-9(13)11(7,10)2/h3-4,6-7H,5H2,1-2H3. The van der Waals surface area contributed by atoms with Gasteiger partial charge in [-0.2, -0.15) is 0 Å². The molecule has 74 valence electrons. The molecule has 0 spiro atoms. The molecule has 4 atom stereocenters. The summed E-state index contributed by atoms with van der Waals surface area (Å²) in [7, 11) is 0. The number of hydrogen-bond donors (Lipinski definition) is 0. The molecule has 1 heterocycles. The highest BCUT2D eigenvalue weighted by atomic mass is 16.6. The van der Waals surface area contributed by atoms with E-state index in [1.165, 1.54) is 0 Å². The number of hydrogen-bond acceptors (Lipinski definition) is 3. The zero-order valence-electron chi connectivity index (χ0n) is 8.24. The maximum absolute atomic E-state index is 11.7. The van der Waals surface area contributed by atoms with E-state index in [1.807, 2.05) is 13.8 Å². The third kappa shape index (κ3) is 0.578. The summed E-state index contributed by atoms with van der Waals surface area (Å²) in [4.78, 5) is 23.2. The van der Waals surface area contributed by atoms with Gasteiger partial charge in [0.25, 0.3) is 0 Å². The molecule has 1 saturated carbocycles. The fourth-order valence-corrected chi connectivity index (χ4v) is 3.39. The first-order valence-electron chi connectivity index (χ1n) is 4.94. The van der Waals surface area contributed by atoms with Crippen LogP contribution in [0.25, 0.3) is 0 Å². The number of allylic oxidation sites excluding steroid dienone is 2. The summed E-state index contributed by atoms with van der Waals surface area (Å²) in [5, 5.41) is 0. The summed E-state index contributed by atoms with van der Waals surface area (Å²) in [5.41, 5.74) is -0.783. The van der Waals surface area contributed by atoms with Crippen molar-refractivity contribution in [1.29, 1.82) is 0 Å². The van der Waals surface area contributed by atoms with E-state index >= 15 is 0 Å². The second-order valence-corrected chi connectivity index (χ2v) is 5.03. The van der Waals surface area contributed by atoms with E-state index in [1.54, 1.807) is 0 Å². The summed E-state index contributed by atoms with van der Waals surface area (Å²) >= 11 is 0. The molecular formula is C11H12O3. The van der Waals surface area contributed by atoms with Crippen LogP contribution in [0.4, 0.5) is 0 Å². The Morgan fingerprint density at radius 2 is 2.14 bits per heavy atom. The van der Waals surface area contributed by atoms with Crippen LogP contribution in [0.15, 0.2) is 12.2 Å². The summed E-state index contributed by atoms with van der Waals surface area (Å²) in [6.45, 7) is 3.91. The van der Waals surface area contributed by atoms with E-state index in [9.17, 15) is 9.59 Å². The van der Waals surface area contributed by atoms with Crippen LogP contribution in [0.3, 0.4) is 0 Å². The van der Waals surface area contributed by atoms with Crippen LogP contribution in [0.5, 0.6) is 0 Å². The number of fused-ring (bicyclic) bond motifs is 5. The minimum Gasteiger partial charge on any atom is -0.392 e. The van der Waals surface area contributed by atoms with E-state index in [2.05, 4.69) is 12.2 Å². The third-order valence-corrected chi connectivity index (χ3v) is 4.48. The molecule has 0 amide bonds. The van der Waals surface area contributed by atoms with Gasteiger partial charge in [-0.1, -0.05) is 19.1 Å². The molecule has 1 aliphatic heterocycles. The van der Waals surface area contributed by atoms with Crippen molar-refractivity contribution in [3.05, 3.63) is 12.2 Å². The Morgan fingerprint density at radius 1 is 1.43 bits per heavy atom. The zero-order valence-corrected chi connectivity index (χ0v) is 8.24. The van der Waals surface area contributed by atoms with Gasteiger partial charge in [-0.05, 0) is 19.3 Å². The van der Waals surface area contributed by atoms with Crippen LogP contribution >= 0.6 is 0 Å². The van der Waals surface area contributed by atoms with E-state index < -0.39 is 5.41 Å². The lowest BCUT2D eigenvalue weighted by atomic mass is 9.64. The Bertz CT molecular complexity index is 384. The number of carbonyl (C=O) groups excluding carboxylic acids is 2. The minimum atomic E-state index is -0.608. The molecular weight excluding hydrogens is 180 g/mol. The van der Waals surface area contributed by atoms with Gasteiger partial charge in [0.1, 0.15) is 0 Å². The van der Waals surface area contributed by atoms with Gasteiger partial charge in [-0.25, -0.2) is 0 Å². The SMILES string of the molecule is CC12C=CC(C1)C1C(=O)OC(=O)C12C. The Morgan fingerprint density at radius 3 is 2.79 bits per heavy atom. The molecule has 3 heteroatoms. The van der Waals surface area contributed by atoms with Gasteiger partial charge in [-0.15, -0.1) is 0 Å². The number of cyclic esters (lactones) is 2. The highest BCUT2D eigenvalue weighted by Crippen LogP contribution is 2.66. The lowest BCUT2D eigenvalue weighted by Gasteiger charge is -2.34. The second-order valence-electron chi connectivity index (χ2n) is 5.03. The molecule has 14 heavy (non-hydrogen) atoms. The van der Waals surface area contributed by atoms with Gasteiger partial charge in [0.15, 0.2) is 0 Å². The topological polar surface area (TPSA) is 43.4 Å². The molecule has 3 rings (SSSR count). The van der Waals surface area contributed by atoms with Crippen molar-refractivity contribution in [1.82, 2.24) is 0 Å². The maximum atomic E-state index is 11.7. The van der Waals surface area contributed by atoms with Crippen molar-refractivity contribution in [3.63, 3.8) is 0 Å². The third-order valence-electron chi connectivity index (χ3n) is 4.48. The van der Waals surface area contributed by atoms with Crippen molar-refractivity contribution in [2.45, 2.75) is 20.3 Å². The lowest BCUT2D eigenvalue weighted by Crippen LogP contribution is -2.40. The Hall–Kier alpha value is -1.12. The van der Waals surface area contributed by atoms with Gasteiger partial charge < -0.3 is 4.74 Å². The van der Waals surface area contributed by atoms with Crippen LogP contribution in [0.1, 0.15) is 20.3 Å². The quantitative estimate of drug-likeness (QED) is 0.330. The molecule has 2 fully saturated rings.